The summed E-state index contributed by atoms with van der Waals surface area (Å²) in [6.07, 6.45) is 1.28. The fourth-order valence-corrected chi connectivity index (χ4v) is 3.43. The molecule has 0 bridgehead atoms. The number of amides is 3. The Hall–Kier alpha value is -1.44. The summed E-state index contributed by atoms with van der Waals surface area (Å²) in [6.45, 7) is 0.458. The first-order chi connectivity index (χ1) is 8.52. The number of nitrogens with zero attached hydrogens (tertiary/aromatic N) is 2. The van der Waals surface area contributed by atoms with E-state index in [-0.39, 0.29) is 0 Å². The number of rotatable bonds is 2. The van der Waals surface area contributed by atoms with Gasteiger partial charge < -0.3 is 20.6 Å². The van der Waals surface area contributed by atoms with Gasteiger partial charge in [0.15, 0.2) is 0 Å². The van der Waals surface area contributed by atoms with Gasteiger partial charge in [-0.1, -0.05) is 0 Å². The minimum absolute atomic E-state index is 0.345. The molecule has 0 saturated carbocycles. The Morgan fingerprint density at radius 2 is 1.94 bits per heavy atom. The molecule has 3 N–H and O–H groups in total. The summed E-state index contributed by atoms with van der Waals surface area (Å²) in [7, 11) is 0. The van der Waals surface area contributed by atoms with E-state index in [1.165, 1.54) is 21.6 Å². The topological polar surface area (TPSA) is 104 Å². The largest absolute Gasteiger partial charge is 0.480 e. The number of aliphatic carboxylic acids is 1. The third-order valence-corrected chi connectivity index (χ3v) is 4.25. The molecule has 2 saturated heterocycles. The Labute approximate surface area is 108 Å². The first-order valence-electron chi connectivity index (χ1n) is 5.69. The van der Waals surface area contributed by atoms with Crippen LogP contribution in [0.5, 0.6) is 0 Å². The lowest BCUT2D eigenvalue weighted by atomic mass is 10.2. The van der Waals surface area contributed by atoms with E-state index >= 15 is 0 Å². The Bertz CT molecular complexity index is 355. The van der Waals surface area contributed by atoms with Crippen molar-refractivity contribution < 1.29 is 19.5 Å². The van der Waals surface area contributed by atoms with Gasteiger partial charge in [0.25, 0.3) is 0 Å². The van der Waals surface area contributed by atoms with Gasteiger partial charge in [0.2, 0.25) is 5.91 Å². The average Bonchev–Trinajstić information content (AvgIpc) is 2.97. The fourth-order valence-electron chi connectivity index (χ4n) is 2.29. The molecule has 18 heavy (non-hydrogen) atoms. The Kier molecular flexibility index (Phi) is 3.65. The van der Waals surface area contributed by atoms with Crippen molar-refractivity contribution in [2.24, 2.45) is 5.73 Å². The maximum Gasteiger partial charge on any atom is 0.327 e. The highest BCUT2D eigenvalue weighted by molar-refractivity contribution is 7.99. The number of carboxylic acids is 1. The molecular weight excluding hydrogens is 258 g/mol. The average molecular weight is 273 g/mol. The highest BCUT2D eigenvalue weighted by Crippen LogP contribution is 2.26. The van der Waals surface area contributed by atoms with Crippen molar-refractivity contribution in [1.29, 1.82) is 0 Å². The van der Waals surface area contributed by atoms with Gasteiger partial charge in [-0.2, -0.15) is 0 Å². The summed E-state index contributed by atoms with van der Waals surface area (Å²) in [5.41, 5.74) is 5.25. The van der Waals surface area contributed by atoms with Gasteiger partial charge >= 0.3 is 12.0 Å². The molecular formula is C10H15N3O4S. The van der Waals surface area contributed by atoms with Crippen LogP contribution < -0.4 is 5.73 Å². The van der Waals surface area contributed by atoms with Crippen LogP contribution in [-0.4, -0.2) is 63.1 Å². The van der Waals surface area contributed by atoms with Gasteiger partial charge in [0, 0.05) is 12.3 Å². The molecule has 2 rings (SSSR count). The van der Waals surface area contributed by atoms with Crippen molar-refractivity contribution in [1.82, 2.24) is 9.80 Å². The molecule has 2 atom stereocenters. The van der Waals surface area contributed by atoms with Crippen LogP contribution in [0.2, 0.25) is 0 Å². The number of nitrogens with two attached hydrogens (primary N) is 1. The summed E-state index contributed by atoms with van der Waals surface area (Å²) in [4.78, 5) is 37.2. The molecule has 2 aliphatic heterocycles. The quantitative estimate of drug-likeness (QED) is 0.707. The Morgan fingerprint density at radius 1 is 1.22 bits per heavy atom. The number of urea groups is 1. The number of likely N-dealkylation sites (tertiary alicyclic amines) is 1. The fraction of sp³-hybridized carbons (Fsp3) is 0.700. The van der Waals surface area contributed by atoms with Gasteiger partial charge in [-0.25, -0.2) is 9.59 Å². The zero-order valence-electron chi connectivity index (χ0n) is 9.74. The summed E-state index contributed by atoms with van der Waals surface area (Å²) in [5.74, 6) is -0.809. The number of primary amides is 1. The molecule has 2 aliphatic rings. The van der Waals surface area contributed by atoms with Crippen LogP contribution in [0.25, 0.3) is 0 Å². The van der Waals surface area contributed by atoms with Crippen molar-refractivity contribution in [3.8, 4) is 0 Å². The zero-order valence-corrected chi connectivity index (χ0v) is 10.6. The lowest BCUT2D eigenvalue weighted by molar-refractivity contribution is -0.140. The lowest BCUT2D eigenvalue weighted by Gasteiger charge is -2.29. The van der Waals surface area contributed by atoms with Crippen LogP contribution in [0.1, 0.15) is 12.8 Å². The normalized spacial score (nSPS) is 27.6. The van der Waals surface area contributed by atoms with Gasteiger partial charge in [-0.05, 0) is 12.8 Å². The van der Waals surface area contributed by atoms with Crippen LogP contribution in [0.15, 0.2) is 0 Å². The number of carbonyl (C=O) groups is 3. The molecule has 2 heterocycles. The van der Waals surface area contributed by atoms with Crippen LogP contribution in [0.4, 0.5) is 4.79 Å². The van der Waals surface area contributed by atoms with E-state index in [0.29, 0.717) is 24.6 Å². The second-order valence-electron chi connectivity index (χ2n) is 4.36. The second-order valence-corrected chi connectivity index (χ2v) is 5.36. The third-order valence-electron chi connectivity index (χ3n) is 3.24. The van der Waals surface area contributed by atoms with E-state index in [9.17, 15) is 14.4 Å². The summed E-state index contributed by atoms with van der Waals surface area (Å²) in [6, 6.07) is -1.80. The van der Waals surface area contributed by atoms with Crippen LogP contribution in [0, 0.1) is 0 Å². The van der Waals surface area contributed by atoms with Crippen molar-refractivity contribution in [2.45, 2.75) is 24.9 Å². The van der Waals surface area contributed by atoms with Crippen LogP contribution in [-0.2, 0) is 9.59 Å². The number of thioether (sulfide) groups is 1. The van der Waals surface area contributed by atoms with E-state index in [1.54, 1.807) is 0 Å². The van der Waals surface area contributed by atoms with Gasteiger partial charge in [-0.3, -0.25) is 4.79 Å². The molecule has 2 fully saturated rings. The summed E-state index contributed by atoms with van der Waals surface area (Å²) in [5, 5.41) is 9.03. The predicted molar refractivity (Wildman–Crippen MR) is 64.9 cm³/mol. The molecule has 100 valence electrons. The molecule has 0 spiro atoms. The molecule has 0 aromatic carbocycles. The van der Waals surface area contributed by atoms with Gasteiger partial charge in [0.1, 0.15) is 12.1 Å². The first kappa shape index (κ1) is 13.0. The third kappa shape index (κ3) is 2.24. The minimum atomic E-state index is -1.01. The molecule has 3 amide bonds. The summed E-state index contributed by atoms with van der Waals surface area (Å²) < 4.78 is 0. The maximum atomic E-state index is 12.2. The molecule has 0 radical (unpaired) electrons. The Balaban J connectivity index is 2.11. The molecule has 0 aliphatic carbocycles. The standard InChI is InChI=1S/C10H15N3O4S/c11-8(14)6-2-1-3-12(6)10(17)13-5-18-4-7(13)9(15)16/h6-7H,1-5H2,(H2,11,14)(H,15,16)/t6?,7-/m0/s1. The van der Waals surface area contributed by atoms with E-state index in [0.717, 1.165) is 6.42 Å². The van der Waals surface area contributed by atoms with Crippen molar-refractivity contribution in [3.05, 3.63) is 0 Å². The van der Waals surface area contributed by atoms with E-state index in [1.807, 2.05) is 0 Å². The summed E-state index contributed by atoms with van der Waals surface area (Å²) >= 11 is 1.40. The number of hydrogen-bond donors (Lipinski definition) is 2. The zero-order chi connectivity index (χ0) is 13.3. The van der Waals surface area contributed by atoms with Crippen LogP contribution >= 0.6 is 11.8 Å². The van der Waals surface area contributed by atoms with E-state index in [4.69, 9.17) is 10.8 Å². The molecule has 1 unspecified atom stereocenters. The highest BCUT2D eigenvalue weighted by atomic mass is 32.2. The molecule has 7 nitrogen and oxygen atoms in total. The smallest absolute Gasteiger partial charge is 0.327 e. The van der Waals surface area contributed by atoms with Crippen molar-refractivity contribution in [2.75, 3.05) is 18.2 Å². The monoisotopic (exact) mass is 273 g/mol. The van der Waals surface area contributed by atoms with Gasteiger partial charge in [0.05, 0.1) is 5.88 Å². The number of carbonyl (C=O) groups excluding carboxylic acids is 2. The van der Waals surface area contributed by atoms with E-state index < -0.39 is 30.0 Å². The molecule has 8 heteroatoms. The van der Waals surface area contributed by atoms with Crippen LogP contribution in [0.3, 0.4) is 0 Å². The van der Waals surface area contributed by atoms with Gasteiger partial charge in [-0.15, -0.1) is 11.8 Å². The van der Waals surface area contributed by atoms with E-state index in [2.05, 4.69) is 0 Å². The maximum absolute atomic E-state index is 12.2. The van der Waals surface area contributed by atoms with Crippen molar-refractivity contribution >= 4 is 29.7 Å². The lowest BCUT2D eigenvalue weighted by Crippen LogP contribution is -2.52. The first-order valence-corrected chi connectivity index (χ1v) is 6.85. The molecule has 0 aromatic rings. The minimum Gasteiger partial charge on any atom is -0.480 e. The SMILES string of the molecule is NC(=O)C1CCCN1C(=O)N1CSC[C@H]1C(=O)O. The number of carboxylic acid groups (broad SMARTS) is 1. The molecule has 0 aromatic heterocycles. The van der Waals surface area contributed by atoms with Crippen molar-refractivity contribution in [3.63, 3.8) is 0 Å². The highest BCUT2D eigenvalue weighted by Gasteiger charge is 2.41. The Morgan fingerprint density at radius 3 is 2.56 bits per heavy atom. The predicted octanol–water partition coefficient (Wildman–Crippen LogP) is -0.484. The second kappa shape index (κ2) is 5.05. The number of hydrogen-bond acceptors (Lipinski definition) is 4.